The van der Waals surface area contributed by atoms with Crippen LogP contribution in [-0.4, -0.2) is 47.5 Å². The highest BCUT2D eigenvalue weighted by atomic mass is 16.5. The quantitative estimate of drug-likeness (QED) is 0.917. The van der Waals surface area contributed by atoms with E-state index in [1.807, 2.05) is 0 Å². The zero-order valence-electron chi connectivity index (χ0n) is 12.8. The fourth-order valence-electron chi connectivity index (χ4n) is 2.29. The van der Waals surface area contributed by atoms with E-state index >= 15 is 0 Å². The molecule has 0 aliphatic heterocycles. The Morgan fingerprint density at radius 1 is 1.41 bits per heavy atom. The molecule has 0 bridgehead atoms. The van der Waals surface area contributed by atoms with Crippen molar-refractivity contribution in [2.45, 2.75) is 25.7 Å². The Labute approximate surface area is 127 Å². The van der Waals surface area contributed by atoms with Crippen molar-refractivity contribution in [1.29, 1.82) is 0 Å². The Morgan fingerprint density at radius 2 is 2.14 bits per heavy atom. The molecule has 2 aromatic heterocycles. The number of pyridine rings is 1. The van der Waals surface area contributed by atoms with Crippen LogP contribution in [0.25, 0.3) is 11.1 Å². The molecule has 0 atom stereocenters. The largest absolute Gasteiger partial charge is 0.347 e. The standard InChI is InChI=1S/C15H18N4O3/c1-8-13-10(14(21)16-7-12(20)19(2)3)6-11(9-4-5-9)17-15(13)22-18-8/h6,9H,4-5,7H2,1-3H3,(H,16,21). The van der Waals surface area contributed by atoms with Gasteiger partial charge in [-0.1, -0.05) is 5.16 Å². The van der Waals surface area contributed by atoms with E-state index in [1.54, 1.807) is 27.1 Å². The molecule has 7 nitrogen and oxygen atoms in total. The number of aryl methyl sites for hydroxylation is 1. The topological polar surface area (TPSA) is 88.3 Å². The molecular weight excluding hydrogens is 284 g/mol. The van der Waals surface area contributed by atoms with Gasteiger partial charge in [-0.3, -0.25) is 9.59 Å². The Kier molecular flexibility index (Phi) is 3.56. The van der Waals surface area contributed by atoms with Gasteiger partial charge >= 0.3 is 0 Å². The smallest absolute Gasteiger partial charge is 0.259 e. The second kappa shape index (κ2) is 5.40. The molecule has 1 aliphatic rings. The SMILES string of the molecule is Cc1noc2nc(C3CC3)cc(C(=O)NCC(=O)N(C)C)c12. The van der Waals surface area contributed by atoms with Crippen LogP contribution in [0.15, 0.2) is 10.6 Å². The van der Waals surface area contributed by atoms with E-state index in [4.69, 9.17) is 4.52 Å². The van der Waals surface area contributed by atoms with Crippen molar-refractivity contribution in [3.63, 3.8) is 0 Å². The summed E-state index contributed by atoms with van der Waals surface area (Å²) in [7, 11) is 3.29. The molecule has 1 saturated carbocycles. The maximum atomic E-state index is 12.5. The molecule has 0 spiro atoms. The average molecular weight is 302 g/mol. The van der Waals surface area contributed by atoms with E-state index in [-0.39, 0.29) is 18.4 Å². The Morgan fingerprint density at radius 3 is 2.77 bits per heavy atom. The summed E-state index contributed by atoms with van der Waals surface area (Å²) < 4.78 is 5.21. The van der Waals surface area contributed by atoms with Crippen LogP contribution >= 0.6 is 0 Å². The van der Waals surface area contributed by atoms with Gasteiger partial charge in [-0.2, -0.15) is 0 Å². The molecule has 3 rings (SSSR count). The van der Waals surface area contributed by atoms with Gasteiger partial charge in [-0.15, -0.1) is 0 Å². The van der Waals surface area contributed by atoms with Gasteiger partial charge in [0.05, 0.1) is 23.2 Å². The van der Waals surface area contributed by atoms with Crippen LogP contribution in [0.5, 0.6) is 0 Å². The fraction of sp³-hybridized carbons (Fsp3) is 0.467. The number of aromatic nitrogens is 2. The van der Waals surface area contributed by atoms with Gasteiger partial charge in [0.1, 0.15) is 0 Å². The van der Waals surface area contributed by atoms with Crippen molar-refractivity contribution < 1.29 is 14.1 Å². The third-order valence-electron chi connectivity index (χ3n) is 3.78. The summed E-state index contributed by atoms with van der Waals surface area (Å²) in [5, 5.41) is 7.15. The lowest BCUT2D eigenvalue weighted by Crippen LogP contribution is -2.36. The van der Waals surface area contributed by atoms with Crippen LogP contribution in [0, 0.1) is 6.92 Å². The van der Waals surface area contributed by atoms with E-state index in [2.05, 4.69) is 15.5 Å². The minimum absolute atomic E-state index is 0.0429. The van der Waals surface area contributed by atoms with Crippen molar-refractivity contribution in [2.24, 2.45) is 0 Å². The molecular formula is C15H18N4O3. The molecule has 1 fully saturated rings. The summed E-state index contributed by atoms with van der Waals surface area (Å²) in [5.74, 6) is -0.0799. The first-order valence-electron chi connectivity index (χ1n) is 7.22. The van der Waals surface area contributed by atoms with Crippen LogP contribution in [0.2, 0.25) is 0 Å². The molecule has 7 heteroatoms. The molecule has 0 unspecified atom stereocenters. The Hall–Kier alpha value is -2.44. The molecule has 2 heterocycles. The summed E-state index contributed by atoms with van der Waals surface area (Å²) >= 11 is 0. The lowest BCUT2D eigenvalue weighted by Gasteiger charge is -2.11. The number of fused-ring (bicyclic) bond motifs is 1. The van der Waals surface area contributed by atoms with Gasteiger partial charge in [-0.05, 0) is 25.8 Å². The number of hydrogen-bond donors (Lipinski definition) is 1. The summed E-state index contributed by atoms with van der Waals surface area (Å²) in [6.07, 6.45) is 2.15. The zero-order chi connectivity index (χ0) is 15.9. The van der Waals surface area contributed by atoms with E-state index in [0.717, 1.165) is 18.5 Å². The summed E-state index contributed by atoms with van der Waals surface area (Å²) in [5.41, 5.74) is 2.32. The normalized spacial score (nSPS) is 14.1. The average Bonchev–Trinajstić information content (AvgIpc) is 3.28. The second-order valence-corrected chi connectivity index (χ2v) is 5.79. The van der Waals surface area contributed by atoms with E-state index in [1.165, 1.54) is 4.90 Å². The number of hydrogen-bond acceptors (Lipinski definition) is 5. The first-order chi connectivity index (χ1) is 10.5. The van der Waals surface area contributed by atoms with Gasteiger partial charge in [0.15, 0.2) is 0 Å². The second-order valence-electron chi connectivity index (χ2n) is 5.79. The van der Waals surface area contributed by atoms with Gasteiger partial charge in [0.2, 0.25) is 5.91 Å². The highest BCUT2D eigenvalue weighted by molar-refractivity contribution is 6.06. The fourth-order valence-corrected chi connectivity index (χ4v) is 2.29. The van der Waals surface area contributed by atoms with Crippen molar-refractivity contribution in [3.8, 4) is 0 Å². The van der Waals surface area contributed by atoms with Gasteiger partial charge in [0, 0.05) is 25.7 Å². The molecule has 0 saturated heterocycles. The predicted molar refractivity (Wildman–Crippen MR) is 79.5 cm³/mol. The number of carbonyl (C=O) groups is 2. The summed E-state index contributed by atoms with van der Waals surface area (Å²) in [6.45, 7) is 1.73. The summed E-state index contributed by atoms with van der Waals surface area (Å²) in [6, 6.07) is 1.79. The molecule has 116 valence electrons. The monoisotopic (exact) mass is 302 g/mol. The Bertz CT molecular complexity index is 747. The van der Waals surface area contributed by atoms with Crippen LogP contribution < -0.4 is 5.32 Å². The van der Waals surface area contributed by atoms with Gasteiger partial charge in [-0.25, -0.2) is 4.98 Å². The molecule has 2 amide bonds. The minimum Gasteiger partial charge on any atom is -0.347 e. The number of rotatable bonds is 4. The van der Waals surface area contributed by atoms with Gasteiger partial charge in [0.25, 0.3) is 11.6 Å². The molecule has 22 heavy (non-hydrogen) atoms. The molecule has 0 radical (unpaired) electrons. The van der Waals surface area contributed by atoms with Crippen molar-refractivity contribution in [3.05, 3.63) is 23.0 Å². The van der Waals surface area contributed by atoms with Crippen LogP contribution in [0.1, 0.15) is 40.5 Å². The van der Waals surface area contributed by atoms with Crippen LogP contribution in [0.4, 0.5) is 0 Å². The molecule has 1 aliphatic carbocycles. The number of nitrogens with one attached hydrogen (secondary N) is 1. The maximum absolute atomic E-state index is 12.5. The van der Waals surface area contributed by atoms with E-state index < -0.39 is 0 Å². The van der Waals surface area contributed by atoms with Crippen molar-refractivity contribution in [2.75, 3.05) is 20.6 Å². The lowest BCUT2D eigenvalue weighted by molar-refractivity contribution is -0.127. The lowest BCUT2D eigenvalue weighted by atomic mass is 10.1. The number of nitrogens with zero attached hydrogens (tertiary/aromatic N) is 3. The van der Waals surface area contributed by atoms with Gasteiger partial charge < -0.3 is 14.7 Å². The number of amides is 2. The van der Waals surface area contributed by atoms with Crippen LogP contribution in [-0.2, 0) is 4.79 Å². The highest BCUT2D eigenvalue weighted by Crippen LogP contribution is 2.40. The van der Waals surface area contributed by atoms with Crippen LogP contribution in [0.3, 0.4) is 0 Å². The van der Waals surface area contributed by atoms with E-state index in [9.17, 15) is 9.59 Å². The molecule has 0 aromatic carbocycles. The first kappa shape index (κ1) is 14.5. The Balaban J connectivity index is 1.92. The van der Waals surface area contributed by atoms with E-state index in [0.29, 0.717) is 28.3 Å². The number of likely N-dealkylation sites (N-methyl/N-ethyl adjacent to an activating group) is 1. The predicted octanol–water partition coefficient (Wildman–Crippen LogP) is 1.23. The zero-order valence-corrected chi connectivity index (χ0v) is 12.8. The van der Waals surface area contributed by atoms with Crippen molar-refractivity contribution >= 4 is 22.9 Å². The highest BCUT2D eigenvalue weighted by Gasteiger charge is 2.28. The molecule has 2 aromatic rings. The third kappa shape index (κ3) is 2.66. The first-order valence-corrected chi connectivity index (χ1v) is 7.22. The third-order valence-corrected chi connectivity index (χ3v) is 3.78. The maximum Gasteiger partial charge on any atom is 0.259 e. The number of carbonyl (C=O) groups excluding carboxylic acids is 2. The van der Waals surface area contributed by atoms with Crippen molar-refractivity contribution in [1.82, 2.24) is 20.4 Å². The summed E-state index contributed by atoms with van der Waals surface area (Å²) in [4.78, 5) is 29.9. The minimum atomic E-state index is -0.309. The molecule has 1 N–H and O–H groups in total.